The van der Waals surface area contributed by atoms with Gasteiger partial charge in [0.1, 0.15) is 0 Å². The van der Waals surface area contributed by atoms with E-state index >= 15 is 0 Å². The van der Waals surface area contributed by atoms with Gasteiger partial charge < -0.3 is 10.6 Å². The topological polar surface area (TPSA) is 70.6 Å². The van der Waals surface area contributed by atoms with Gasteiger partial charge in [0, 0.05) is 26.4 Å². The Labute approximate surface area is 154 Å². The Morgan fingerprint density at radius 2 is 1.84 bits per heavy atom. The van der Waals surface area contributed by atoms with Gasteiger partial charge in [0.2, 0.25) is 0 Å². The molecule has 7 heteroatoms. The SMILES string of the molecule is CN=C(NCc1ccc(CS(C)(=O)=O)cc1)NCC(C)c1ccsc1. The molecule has 0 radical (unpaired) electrons. The molecule has 2 N–H and O–H groups in total. The lowest BCUT2D eigenvalue weighted by Gasteiger charge is -2.15. The van der Waals surface area contributed by atoms with Crippen molar-refractivity contribution >= 4 is 27.1 Å². The average Bonchev–Trinajstić information content (AvgIpc) is 3.09. The zero-order chi connectivity index (χ0) is 18.3. The highest BCUT2D eigenvalue weighted by Crippen LogP contribution is 2.17. The Balaban J connectivity index is 1.82. The fourth-order valence-electron chi connectivity index (χ4n) is 2.39. The first-order valence-corrected chi connectivity index (χ1v) is 11.1. The Hall–Kier alpha value is -1.86. The van der Waals surface area contributed by atoms with E-state index in [1.807, 2.05) is 24.3 Å². The number of guanidine groups is 1. The van der Waals surface area contributed by atoms with Gasteiger partial charge in [-0.2, -0.15) is 11.3 Å². The molecule has 0 saturated heterocycles. The number of benzene rings is 1. The third-order valence-electron chi connectivity index (χ3n) is 3.82. The van der Waals surface area contributed by atoms with Crippen molar-refractivity contribution in [3.05, 3.63) is 57.8 Å². The Morgan fingerprint density at radius 1 is 1.16 bits per heavy atom. The largest absolute Gasteiger partial charge is 0.356 e. The van der Waals surface area contributed by atoms with Gasteiger partial charge >= 0.3 is 0 Å². The maximum Gasteiger partial charge on any atom is 0.191 e. The molecule has 0 amide bonds. The van der Waals surface area contributed by atoms with Gasteiger partial charge in [-0.15, -0.1) is 0 Å². The number of hydrogen-bond acceptors (Lipinski definition) is 4. The second-order valence-corrected chi connectivity index (χ2v) is 9.07. The summed E-state index contributed by atoms with van der Waals surface area (Å²) in [7, 11) is -1.25. The van der Waals surface area contributed by atoms with Crippen molar-refractivity contribution in [2.24, 2.45) is 4.99 Å². The molecule has 0 aliphatic heterocycles. The number of nitrogens with one attached hydrogen (secondary N) is 2. The van der Waals surface area contributed by atoms with Crippen LogP contribution in [0, 0.1) is 0 Å². The molecule has 0 saturated carbocycles. The van der Waals surface area contributed by atoms with Crippen LogP contribution < -0.4 is 10.6 Å². The highest BCUT2D eigenvalue weighted by molar-refractivity contribution is 7.89. The van der Waals surface area contributed by atoms with E-state index in [1.165, 1.54) is 11.8 Å². The molecule has 0 aliphatic rings. The first-order chi connectivity index (χ1) is 11.9. The van der Waals surface area contributed by atoms with Crippen LogP contribution in [-0.4, -0.2) is 34.2 Å². The molecular formula is C18H25N3O2S2. The normalized spacial score (nSPS) is 13.5. The average molecular weight is 380 g/mol. The predicted molar refractivity (Wildman–Crippen MR) is 106 cm³/mol. The maximum atomic E-state index is 11.3. The number of rotatable bonds is 7. The van der Waals surface area contributed by atoms with Crippen LogP contribution in [-0.2, 0) is 22.1 Å². The van der Waals surface area contributed by atoms with Gasteiger partial charge in [-0.25, -0.2) is 8.42 Å². The Morgan fingerprint density at radius 3 is 2.40 bits per heavy atom. The fraction of sp³-hybridized carbons (Fsp3) is 0.389. The van der Waals surface area contributed by atoms with Crippen LogP contribution in [0.25, 0.3) is 0 Å². The van der Waals surface area contributed by atoms with Crippen molar-refractivity contribution in [2.45, 2.75) is 25.1 Å². The zero-order valence-corrected chi connectivity index (χ0v) is 16.5. The Bertz CT molecular complexity index is 782. The second-order valence-electron chi connectivity index (χ2n) is 6.15. The van der Waals surface area contributed by atoms with E-state index in [4.69, 9.17) is 0 Å². The third-order valence-corrected chi connectivity index (χ3v) is 5.38. The predicted octanol–water partition coefficient (Wildman–Crippen LogP) is 2.76. The molecule has 5 nitrogen and oxygen atoms in total. The number of hydrogen-bond donors (Lipinski definition) is 2. The third kappa shape index (κ3) is 6.88. The molecule has 0 fully saturated rings. The molecule has 0 spiro atoms. The zero-order valence-electron chi connectivity index (χ0n) is 14.8. The summed E-state index contributed by atoms with van der Waals surface area (Å²) < 4.78 is 22.6. The second kappa shape index (κ2) is 9.01. The van der Waals surface area contributed by atoms with Gasteiger partial charge in [0.05, 0.1) is 5.75 Å². The van der Waals surface area contributed by atoms with Gasteiger partial charge in [-0.05, 0) is 39.4 Å². The number of sulfone groups is 1. The van der Waals surface area contributed by atoms with E-state index in [0.29, 0.717) is 12.5 Å². The van der Waals surface area contributed by atoms with E-state index in [2.05, 4.69) is 39.4 Å². The molecule has 2 rings (SSSR count). The minimum Gasteiger partial charge on any atom is -0.356 e. The summed E-state index contributed by atoms with van der Waals surface area (Å²) in [5.74, 6) is 1.24. The van der Waals surface area contributed by atoms with Crippen LogP contribution in [0.3, 0.4) is 0 Å². The van der Waals surface area contributed by atoms with Gasteiger partial charge in [0.25, 0.3) is 0 Å². The van der Waals surface area contributed by atoms with Crippen molar-refractivity contribution < 1.29 is 8.42 Å². The van der Waals surface area contributed by atoms with Crippen LogP contribution in [0.15, 0.2) is 46.1 Å². The van der Waals surface area contributed by atoms with Crippen LogP contribution in [0.2, 0.25) is 0 Å². The van der Waals surface area contributed by atoms with Gasteiger partial charge in [0.15, 0.2) is 15.8 Å². The van der Waals surface area contributed by atoms with Crippen LogP contribution in [0.1, 0.15) is 29.5 Å². The van der Waals surface area contributed by atoms with Gasteiger partial charge in [-0.3, -0.25) is 4.99 Å². The smallest absolute Gasteiger partial charge is 0.191 e. The molecule has 136 valence electrons. The van der Waals surface area contributed by atoms with E-state index < -0.39 is 9.84 Å². The molecule has 1 aromatic carbocycles. The summed E-state index contributed by atoms with van der Waals surface area (Å²) in [5, 5.41) is 10.9. The van der Waals surface area contributed by atoms with E-state index in [9.17, 15) is 8.42 Å². The molecule has 1 unspecified atom stereocenters. The number of aliphatic imine (C=N–C) groups is 1. The van der Waals surface area contributed by atoms with Crippen molar-refractivity contribution in [1.29, 1.82) is 0 Å². The minimum absolute atomic E-state index is 0.0738. The molecule has 2 aromatic rings. The summed E-state index contributed by atoms with van der Waals surface area (Å²) >= 11 is 1.71. The minimum atomic E-state index is -3.00. The number of nitrogens with zero attached hydrogens (tertiary/aromatic N) is 1. The summed E-state index contributed by atoms with van der Waals surface area (Å²) in [6.45, 7) is 3.62. The summed E-state index contributed by atoms with van der Waals surface area (Å²) in [6.07, 6.45) is 1.25. The maximum absolute atomic E-state index is 11.3. The first kappa shape index (κ1) is 19.5. The van der Waals surface area contributed by atoms with Crippen molar-refractivity contribution in [2.75, 3.05) is 19.8 Å². The molecule has 1 heterocycles. The van der Waals surface area contributed by atoms with Crippen LogP contribution in [0.4, 0.5) is 0 Å². The lowest BCUT2D eigenvalue weighted by atomic mass is 10.1. The van der Waals surface area contributed by atoms with Gasteiger partial charge in [-0.1, -0.05) is 31.2 Å². The van der Waals surface area contributed by atoms with Crippen LogP contribution >= 0.6 is 11.3 Å². The highest BCUT2D eigenvalue weighted by atomic mass is 32.2. The highest BCUT2D eigenvalue weighted by Gasteiger charge is 2.07. The quantitative estimate of drug-likeness (QED) is 0.573. The van der Waals surface area contributed by atoms with Crippen molar-refractivity contribution in [3.63, 3.8) is 0 Å². The van der Waals surface area contributed by atoms with Crippen molar-refractivity contribution in [3.8, 4) is 0 Å². The van der Waals surface area contributed by atoms with E-state index in [0.717, 1.165) is 23.6 Å². The summed E-state index contributed by atoms with van der Waals surface area (Å²) in [4.78, 5) is 4.24. The summed E-state index contributed by atoms with van der Waals surface area (Å²) in [6, 6.07) is 9.73. The molecule has 0 bridgehead atoms. The lowest BCUT2D eigenvalue weighted by Crippen LogP contribution is -2.38. The fourth-order valence-corrected chi connectivity index (χ4v) is 3.97. The van der Waals surface area contributed by atoms with Crippen LogP contribution in [0.5, 0.6) is 0 Å². The Kier molecular flexibility index (Phi) is 7.01. The van der Waals surface area contributed by atoms with E-state index in [-0.39, 0.29) is 5.75 Å². The van der Waals surface area contributed by atoms with Crippen molar-refractivity contribution in [1.82, 2.24) is 10.6 Å². The standard InChI is InChI=1S/C18H25N3O2S2/c1-14(17-8-9-24-12-17)10-20-18(19-2)21-11-15-4-6-16(7-5-15)13-25(3,22)23/h4-9,12,14H,10-11,13H2,1-3H3,(H2,19,20,21). The molecule has 1 atom stereocenters. The summed E-state index contributed by atoms with van der Waals surface area (Å²) in [5.41, 5.74) is 3.21. The molecule has 1 aromatic heterocycles. The van der Waals surface area contributed by atoms with E-state index in [1.54, 1.807) is 18.4 Å². The molecule has 25 heavy (non-hydrogen) atoms. The number of thiophene rings is 1. The monoisotopic (exact) mass is 379 g/mol. The lowest BCUT2D eigenvalue weighted by molar-refractivity contribution is 0.601. The molecular weight excluding hydrogens is 354 g/mol. The first-order valence-electron chi connectivity index (χ1n) is 8.09. The molecule has 0 aliphatic carbocycles.